The molecule has 0 N–H and O–H groups in total. The van der Waals surface area contributed by atoms with Crippen molar-refractivity contribution in [3.8, 4) is 0 Å². The molecule has 1 rings (SSSR count). The van der Waals surface area contributed by atoms with Crippen LogP contribution in [0.15, 0.2) is 11.6 Å². The lowest BCUT2D eigenvalue weighted by molar-refractivity contribution is -0.113. The lowest BCUT2D eigenvalue weighted by Crippen LogP contribution is -2.04. The van der Waals surface area contributed by atoms with Crippen molar-refractivity contribution in [1.82, 2.24) is 0 Å². The molecule has 0 aromatic carbocycles. The maximum Gasteiger partial charge on any atom is 0.150 e. The lowest BCUT2D eigenvalue weighted by Gasteiger charge is -2.09. The number of hydrogen-bond donors (Lipinski definition) is 0. The first-order valence-electron chi connectivity index (χ1n) is 3.77. The normalized spacial score (nSPS) is 18.2. The quantitative estimate of drug-likeness (QED) is 0.524. The van der Waals surface area contributed by atoms with Gasteiger partial charge in [0.2, 0.25) is 0 Å². The van der Waals surface area contributed by atoms with Crippen molar-refractivity contribution in [3.63, 3.8) is 0 Å². The molecule has 0 saturated heterocycles. The van der Waals surface area contributed by atoms with Crippen LogP contribution in [0.2, 0.25) is 6.32 Å². The molecule has 0 aromatic rings. The van der Waals surface area contributed by atoms with Crippen molar-refractivity contribution in [3.05, 3.63) is 11.6 Å². The van der Waals surface area contributed by atoms with E-state index in [1.165, 1.54) is 6.42 Å². The fraction of sp³-hybridized carbons (Fsp3) is 0.625. The zero-order valence-electron chi connectivity index (χ0n) is 6.10. The second-order valence-corrected chi connectivity index (χ2v) is 2.60. The van der Waals surface area contributed by atoms with Gasteiger partial charge in [-0.15, -0.1) is 0 Å². The molecule has 0 fully saturated rings. The molecule has 0 aliphatic heterocycles. The van der Waals surface area contributed by atoms with Crippen molar-refractivity contribution in [2.24, 2.45) is 0 Å². The maximum absolute atomic E-state index is 11.0. The van der Waals surface area contributed by atoms with E-state index in [1.54, 1.807) is 0 Å². The van der Waals surface area contributed by atoms with E-state index < -0.39 is 0 Å². The number of rotatable bonds is 2. The number of carbonyl (C=O) groups excluding carboxylic acids is 1. The van der Waals surface area contributed by atoms with Gasteiger partial charge in [-0.05, 0) is 37.6 Å². The Balaban J connectivity index is 2.53. The fourth-order valence-corrected chi connectivity index (χ4v) is 1.22. The lowest BCUT2D eigenvalue weighted by atomic mass is 9.89. The average Bonchev–Trinajstić information content (AvgIpc) is 2.05. The van der Waals surface area contributed by atoms with E-state index >= 15 is 0 Å². The van der Waals surface area contributed by atoms with Crippen LogP contribution in [-0.2, 0) is 4.79 Å². The van der Waals surface area contributed by atoms with Crippen molar-refractivity contribution < 1.29 is 4.79 Å². The Bertz CT molecular complexity index is 161. The summed E-state index contributed by atoms with van der Waals surface area (Å²) >= 11 is 0. The molecule has 1 aliphatic carbocycles. The van der Waals surface area contributed by atoms with Crippen LogP contribution in [0.1, 0.15) is 25.7 Å². The minimum absolute atomic E-state index is 0.125. The summed E-state index contributed by atoms with van der Waals surface area (Å²) in [4.78, 5) is 11.0. The Kier molecular flexibility index (Phi) is 2.73. The number of allylic oxidation sites excluding steroid dienone is 2. The summed E-state index contributed by atoms with van der Waals surface area (Å²) in [5, 5.41) is 0. The first-order valence-corrected chi connectivity index (χ1v) is 3.77. The highest BCUT2D eigenvalue weighted by Gasteiger charge is 2.08. The minimum Gasteiger partial charge on any atom is -0.295 e. The summed E-state index contributed by atoms with van der Waals surface area (Å²) < 4.78 is 0. The van der Waals surface area contributed by atoms with E-state index in [2.05, 4.69) is 0 Å². The molecule has 2 radical (unpaired) electrons. The molecule has 1 nitrogen and oxygen atoms in total. The molecule has 0 aromatic heterocycles. The first kappa shape index (κ1) is 7.58. The van der Waals surface area contributed by atoms with Gasteiger partial charge in [0, 0.05) is 0 Å². The summed E-state index contributed by atoms with van der Waals surface area (Å²) in [6, 6.07) is 0. The molecule has 0 bridgehead atoms. The summed E-state index contributed by atoms with van der Waals surface area (Å²) in [6.07, 6.45) is 6.57. The summed E-state index contributed by atoms with van der Waals surface area (Å²) in [7, 11) is 5.21. The zero-order chi connectivity index (χ0) is 7.40. The highest BCUT2D eigenvalue weighted by atomic mass is 16.1. The molecule has 0 spiro atoms. The molecule has 0 unspecified atom stereocenters. The zero-order valence-corrected chi connectivity index (χ0v) is 6.10. The van der Waals surface area contributed by atoms with Crippen molar-refractivity contribution in [2.45, 2.75) is 32.0 Å². The largest absolute Gasteiger partial charge is 0.295 e. The van der Waals surface area contributed by atoms with E-state index in [1.807, 2.05) is 6.08 Å². The standard InChI is InChI=1S/C8H11BO/c9-6-8(10)7-4-2-1-3-5-7/h4H,1-3,5-6H2. The third-order valence-electron chi connectivity index (χ3n) is 1.83. The molecule has 1 aliphatic rings. The third kappa shape index (κ3) is 1.73. The predicted molar refractivity (Wildman–Crippen MR) is 42.1 cm³/mol. The van der Waals surface area contributed by atoms with Crippen molar-refractivity contribution in [2.75, 3.05) is 0 Å². The van der Waals surface area contributed by atoms with Crippen LogP contribution in [0, 0.1) is 0 Å². The van der Waals surface area contributed by atoms with Gasteiger partial charge >= 0.3 is 0 Å². The van der Waals surface area contributed by atoms with Crippen LogP contribution in [0.25, 0.3) is 0 Å². The summed E-state index contributed by atoms with van der Waals surface area (Å²) in [6.45, 7) is 0. The van der Waals surface area contributed by atoms with E-state index in [0.717, 1.165) is 24.8 Å². The molecule has 10 heavy (non-hydrogen) atoms. The number of Topliss-reactive ketones (excluding diaryl/α,β-unsaturated/α-hetero) is 1. The Hall–Kier alpha value is -0.525. The molecule has 0 saturated carbocycles. The third-order valence-corrected chi connectivity index (χ3v) is 1.83. The van der Waals surface area contributed by atoms with Crippen LogP contribution in [-0.4, -0.2) is 13.6 Å². The van der Waals surface area contributed by atoms with Crippen LogP contribution >= 0.6 is 0 Å². The Morgan fingerprint density at radius 2 is 2.40 bits per heavy atom. The van der Waals surface area contributed by atoms with Gasteiger partial charge in [0.05, 0.1) is 7.85 Å². The Morgan fingerprint density at radius 1 is 1.60 bits per heavy atom. The van der Waals surface area contributed by atoms with Gasteiger partial charge in [0.25, 0.3) is 0 Å². The topological polar surface area (TPSA) is 17.1 Å². The number of hydrogen-bond acceptors (Lipinski definition) is 1. The van der Waals surface area contributed by atoms with Gasteiger partial charge in [-0.1, -0.05) is 6.08 Å². The van der Waals surface area contributed by atoms with Crippen LogP contribution in [0.3, 0.4) is 0 Å². The van der Waals surface area contributed by atoms with Gasteiger partial charge in [0.15, 0.2) is 0 Å². The highest BCUT2D eigenvalue weighted by molar-refractivity contribution is 6.23. The second-order valence-electron chi connectivity index (χ2n) is 2.60. The van der Waals surface area contributed by atoms with Gasteiger partial charge in [0.1, 0.15) is 5.78 Å². The van der Waals surface area contributed by atoms with E-state index in [4.69, 9.17) is 7.85 Å². The van der Waals surface area contributed by atoms with Crippen LogP contribution in [0.5, 0.6) is 0 Å². The second kappa shape index (κ2) is 3.60. The summed E-state index contributed by atoms with van der Waals surface area (Å²) in [5.74, 6) is 0.125. The van der Waals surface area contributed by atoms with Gasteiger partial charge in [-0.2, -0.15) is 0 Å². The smallest absolute Gasteiger partial charge is 0.150 e. The minimum atomic E-state index is 0.125. The molecule has 0 heterocycles. The van der Waals surface area contributed by atoms with E-state index in [-0.39, 0.29) is 12.1 Å². The van der Waals surface area contributed by atoms with E-state index in [9.17, 15) is 4.79 Å². The number of carbonyl (C=O) groups is 1. The van der Waals surface area contributed by atoms with Crippen LogP contribution < -0.4 is 0 Å². The van der Waals surface area contributed by atoms with Gasteiger partial charge in [-0.25, -0.2) is 0 Å². The molecule has 0 amide bonds. The average molecular weight is 134 g/mol. The Morgan fingerprint density at radius 3 is 2.90 bits per heavy atom. The van der Waals surface area contributed by atoms with Gasteiger partial charge in [-0.3, -0.25) is 4.79 Å². The van der Waals surface area contributed by atoms with E-state index in [0.29, 0.717) is 0 Å². The monoisotopic (exact) mass is 134 g/mol. The van der Waals surface area contributed by atoms with Crippen molar-refractivity contribution in [1.29, 1.82) is 0 Å². The highest BCUT2D eigenvalue weighted by Crippen LogP contribution is 2.18. The molecule has 0 atom stereocenters. The molecular weight excluding hydrogens is 123 g/mol. The first-order chi connectivity index (χ1) is 4.84. The molecule has 2 heteroatoms. The maximum atomic E-state index is 11.0. The predicted octanol–water partition coefficient (Wildman–Crippen LogP) is 1.64. The van der Waals surface area contributed by atoms with Gasteiger partial charge < -0.3 is 0 Å². The Labute approximate surface area is 62.9 Å². The molecular formula is C8H11BO. The fourth-order valence-electron chi connectivity index (χ4n) is 1.22. The van der Waals surface area contributed by atoms with Crippen LogP contribution in [0.4, 0.5) is 0 Å². The number of ketones is 1. The SMILES string of the molecule is [B]CC(=O)C1=CCCCC1. The summed E-state index contributed by atoms with van der Waals surface area (Å²) in [5.41, 5.74) is 0.953. The molecule has 52 valence electrons. The van der Waals surface area contributed by atoms with Crippen molar-refractivity contribution >= 4 is 13.6 Å².